The van der Waals surface area contributed by atoms with Gasteiger partial charge in [-0.05, 0) is 52.2 Å². The van der Waals surface area contributed by atoms with E-state index < -0.39 is 0 Å². The molecule has 0 aromatic carbocycles. The first-order chi connectivity index (χ1) is 7.70. The molecule has 3 unspecified atom stereocenters. The lowest BCUT2D eigenvalue weighted by molar-refractivity contribution is 0.0691. The second-order valence-electron chi connectivity index (χ2n) is 5.41. The van der Waals surface area contributed by atoms with E-state index in [0.29, 0.717) is 0 Å². The van der Waals surface area contributed by atoms with E-state index in [-0.39, 0.29) is 0 Å². The fraction of sp³-hybridized carbons (Fsp3) is 1.00. The normalized spacial score (nSPS) is 26.6. The maximum absolute atomic E-state index is 3.29. The van der Waals surface area contributed by atoms with Gasteiger partial charge in [0.2, 0.25) is 0 Å². The van der Waals surface area contributed by atoms with Crippen LogP contribution in [0.2, 0.25) is 0 Å². The van der Waals surface area contributed by atoms with Gasteiger partial charge in [-0.1, -0.05) is 26.7 Å². The van der Waals surface area contributed by atoms with Gasteiger partial charge in [0.25, 0.3) is 0 Å². The molecule has 3 atom stereocenters. The van der Waals surface area contributed by atoms with Crippen molar-refractivity contribution in [1.29, 1.82) is 0 Å². The van der Waals surface area contributed by atoms with Crippen LogP contribution < -0.4 is 5.32 Å². The maximum Gasteiger partial charge on any atom is 0.0110 e. The molecule has 1 aliphatic heterocycles. The van der Waals surface area contributed by atoms with Gasteiger partial charge in [0.1, 0.15) is 0 Å². The molecule has 2 heteroatoms. The third-order valence-corrected chi connectivity index (χ3v) is 4.39. The second kappa shape index (κ2) is 7.29. The van der Waals surface area contributed by atoms with Crippen LogP contribution in [0.3, 0.4) is 0 Å². The molecule has 16 heavy (non-hydrogen) atoms. The number of piperidine rings is 1. The molecule has 1 fully saturated rings. The van der Waals surface area contributed by atoms with E-state index in [1.807, 2.05) is 0 Å². The highest BCUT2D eigenvalue weighted by atomic mass is 15.2. The van der Waals surface area contributed by atoms with Crippen molar-refractivity contribution in [3.8, 4) is 0 Å². The Morgan fingerprint density at radius 1 is 1.31 bits per heavy atom. The molecule has 1 N–H and O–H groups in total. The number of hydrogen-bond acceptors (Lipinski definition) is 2. The van der Waals surface area contributed by atoms with Gasteiger partial charge in [-0.2, -0.15) is 0 Å². The summed E-state index contributed by atoms with van der Waals surface area (Å²) >= 11 is 0. The van der Waals surface area contributed by atoms with Crippen molar-refractivity contribution in [1.82, 2.24) is 10.2 Å². The van der Waals surface area contributed by atoms with Gasteiger partial charge in [0.05, 0.1) is 0 Å². The number of nitrogens with zero attached hydrogens (tertiary/aromatic N) is 1. The minimum Gasteiger partial charge on any atom is -0.320 e. The van der Waals surface area contributed by atoms with Gasteiger partial charge in [0.15, 0.2) is 0 Å². The van der Waals surface area contributed by atoms with Crippen LogP contribution in [0, 0.1) is 5.92 Å². The highest BCUT2D eigenvalue weighted by molar-refractivity contribution is 4.83. The molecule has 2 nitrogen and oxygen atoms in total. The zero-order valence-electron chi connectivity index (χ0n) is 11.6. The van der Waals surface area contributed by atoms with Gasteiger partial charge < -0.3 is 5.32 Å². The summed E-state index contributed by atoms with van der Waals surface area (Å²) in [6.45, 7) is 9.61. The first kappa shape index (κ1) is 14.0. The molecule has 0 amide bonds. The average molecular weight is 226 g/mol. The molecular weight excluding hydrogens is 196 g/mol. The van der Waals surface area contributed by atoms with E-state index in [0.717, 1.165) is 24.5 Å². The van der Waals surface area contributed by atoms with Gasteiger partial charge in [-0.25, -0.2) is 0 Å². The lowest BCUT2D eigenvalue weighted by atomic mass is 9.92. The summed E-state index contributed by atoms with van der Waals surface area (Å²) in [7, 11) is 2.06. The molecule has 0 spiro atoms. The van der Waals surface area contributed by atoms with Crippen molar-refractivity contribution in [2.75, 3.05) is 20.1 Å². The largest absolute Gasteiger partial charge is 0.320 e. The van der Waals surface area contributed by atoms with Crippen molar-refractivity contribution < 1.29 is 0 Å². The van der Waals surface area contributed by atoms with Crippen LogP contribution in [0.5, 0.6) is 0 Å². The first-order valence-electron chi connectivity index (χ1n) is 7.11. The van der Waals surface area contributed by atoms with Crippen LogP contribution in [-0.2, 0) is 0 Å². The molecule has 96 valence electrons. The zero-order chi connectivity index (χ0) is 12.0. The maximum atomic E-state index is 3.29. The Balaban J connectivity index is 2.51. The van der Waals surface area contributed by atoms with Crippen molar-refractivity contribution in [3.05, 3.63) is 0 Å². The summed E-state index contributed by atoms with van der Waals surface area (Å²) in [4.78, 5) is 2.77. The van der Waals surface area contributed by atoms with Crippen LogP contribution in [0.4, 0.5) is 0 Å². The molecular formula is C14H30N2. The van der Waals surface area contributed by atoms with E-state index in [4.69, 9.17) is 0 Å². The summed E-state index contributed by atoms with van der Waals surface area (Å²) in [5, 5.41) is 3.29. The molecule has 0 aromatic rings. The third-order valence-electron chi connectivity index (χ3n) is 4.39. The summed E-state index contributed by atoms with van der Waals surface area (Å²) in [6, 6.07) is 1.58. The fourth-order valence-corrected chi connectivity index (χ4v) is 2.85. The molecule has 1 saturated heterocycles. The van der Waals surface area contributed by atoms with Gasteiger partial charge >= 0.3 is 0 Å². The van der Waals surface area contributed by atoms with Gasteiger partial charge in [-0.15, -0.1) is 0 Å². The number of nitrogens with one attached hydrogen (secondary N) is 1. The van der Waals surface area contributed by atoms with Gasteiger partial charge in [0, 0.05) is 12.1 Å². The lowest BCUT2D eigenvalue weighted by Gasteiger charge is -2.42. The molecule has 0 aromatic heterocycles. The molecule has 1 aliphatic rings. The van der Waals surface area contributed by atoms with Crippen LogP contribution in [0.15, 0.2) is 0 Å². The number of likely N-dealkylation sites (tertiary alicyclic amines) is 1. The predicted molar refractivity (Wildman–Crippen MR) is 71.8 cm³/mol. The Bertz CT molecular complexity index is 182. The predicted octanol–water partition coefficient (Wildman–Crippen LogP) is 2.89. The first-order valence-corrected chi connectivity index (χ1v) is 7.11. The van der Waals surface area contributed by atoms with E-state index >= 15 is 0 Å². The second-order valence-corrected chi connectivity index (χ2v) is 5.41. The summed E-state index contributed by atoms with van der Waals surface area (Å²) in [5.74, 6) is 0.829. The van der Waals surface area contributed by atoms with Crippen molar-refractivity contribution in [2.45, 2.75) is 65.0 Å². The topological polar surface area (TPSA) is 15.3 Å². The minimum absolute atomic E-state index is 0.757. The quantitative estimate of drug-likeness (QED) is 0.749. The highest BCUT2D eigenvalue weighted by Crippen LogP contribution is 2.25. The third kappa shape index (κ3) is 3.74. The Morgan fingerprint density at radius 3 is 2.69 bits per heavy atom. The summed E-state index contributed by atoms with van der Waals surface area (Å²) in [6.07, 6.45) is 6.85. The van der Waals surface area contributed by atoms with E-state index in [2.05, 4.69) is 38.0 Å². The average Bonchev–Trinajstić information content (AvgIpc) is 2.34. The highest BCUT2D eigenvalue weighted by Gasteiger charge is 2.28. The van der Waals surface area contributed by atoms with E-state index in [9.17, 15) is 0 Å². The Labute approximate surface area is 102 Å². The van der Waals surface area contributed by atoms with Crippen LogP contribution in [0.1, 0.15) is 52.9 Å². The number of hydrogen-bond donors (Lipinski definition) is 1. The SMILES string of the molecule is CCC(C)C(C)N1CCCCC1CCNC. The Hall–Kier alpha value is -0.0800. The van der Waals surface area contributed by atoms with Gasteiger partial charge in [-0.3, -0.25) is 4.90 Å². The van der Waals surface area contributed by atoms with Crippen molar-refractivity contribution in [2.24, 2.45) is 5.92 Å². The van der Waals surface area contributed by atoms with Crippen molar-refractivity contribution in [3.63, 3.8) is 0 Å². The summed E-state index contributed by atoms with van der Waals surface area (Å²) in [5.41, 5.74) is 0. The number of rotatable bonds is 6. The minimum atomic E-state index is 0.757. The van der Waals surface area contributed by atoms with E-state index in [1.165, 1.54) is 38.6 Å². The molecule has 0 bridgehead atoms. The monoisotopic (exact) mass is 226 g/mol. The molecule has 1 heterocycles. The van der Waals surface area contributed by atoms with Crippen LogP contribution >= 0.6 is 0 Å². The lowest BCUT2D eigenvalue weighted by Crippen LogP contribution is -2.48. The molecule has 1 rings (SSSR count). The Morgan fingerprint density at radius 2 is 2.06 bits per heavy atom. The van der Waals surface area contributed by atoms with Crippen molar-refractivity contribution >= 4 is 0 Å². The van der Waals surface area contributed by atoms with E-state index in [1.54, 1.807) is 0 Å². The molecule has 0 saturated carbocycles. The summed E-state index contributed by atoms with van der Waals surface area (Å²) < 4.78 is 0. The Kier molecular flexibility index (Phi) is 6.37. The van der Waals surface area contributed by atoms with Crippen LogP contribution in [-0.4, -0.2) is 37.1 Å². The fourth-order valence-electron chi connectivity index (χ4n) is 2.85. The molecule has 0 radical (unpaired) electrons. The smallest absolute Gasteiger partial charge is 0.0110 e. The zero-order valence-corrected chi connectivity index (χ0v) is 11.6. The standard InChI is InChI=1S/C14H30N2/c1-5-12(2)13(3)16-11-7-6-8-14(16)9-10-15-4/h12-15H,5-11H2,1-4H3. The molecule has 0 aliphatic carbocycles. The van der Waals surface area contributed by atoms with Crippen LogP contribution in [0.25, 0.3) is 0 Å².